The molecule has 0 aliphatic rings. The molecule has 1 aromatic heterocycles. The van der Waals surface area contributed by atoms with Crippen molar-refractivity contribution in [3.05, 3.63) is 36.0 Å². The number of hydrogen-bond acceptors (Lipinski definition) is 3. The van der Waals surface area contributed by atoms with Crippen molar-refractivity contribution in [1.29, 1.82) is 0 Å². The van der Waals surface area contributed by atoms with Crippen molar-refractivity contribution in [2.24, 2.45) is 12.8 Å². The van der Waals surface area contributed by atoms with Crippen molar-refractivity contribution >= 4 is 12.4 Å². The Morgan fingerprint density at radius 2 is 2.00 bits per heavy atom. The van der Waals surface area contributed by atoms with E-state index in [4.69, 9.17) is 5.73 Å². The molecule has 0 bridgehead atoms. The Kier molecular flexibility index (Phi) is 5.02. The molecule has 0 saturated heterocycles. The molecule has 0 aliphatic heterocycles. The van der Waals surface area contributed by atoms with E-state index >= 15 is 0 Å². The first-order valence-electron chi connectivity index (χ1n) is 5.48. The second kappa shape index (κ2) is 6.15. The normalized spacial score (nSPS) is 11.1. The highest BCUT2D eigenvalue weighted by molar-refractivity contribution is 5.85. The quantitative estimate of drug-likeness (QED) is 0.948. The predicted octanol–water partition coefficient (Wildman–Crippen LogP) is 2.87. The van der Waals surface area contributed by atoms with Crippen LogP contribution in [0.1, 0.15) is 5.56 Å². The summed E-state index contributed by atoms with van der Waals surface area (Å²) in [5.74, 6) is -0.270. The zero-order valence-corrected chi connectivity index (χ0v) is 11.3. The second-order valence-electron chi connectivity index (χ2n) is 3.92. The minimum Gasteiger partial charge on any atom is -0.405 e. The molecule has 0 spiro atoms. The average molecular weight is 308 g/mol. The Morgan fingerprint density at radius 3 is 2.50 bits per heavy atom. The molecule has 0 radical (unpaired) electrons. The molecular weight excluding hydrogens is 295 g/mol. The molecular formula is C12H13ClF3N3O. The molecule has 0 atom stereocenters. The molecule has 0 unspecified atom stereocenters. The Balaban J connectivity index is 0.00000200. The molecule has 110 valence electrons. The van der Waals surface area contributed by atoms with Crippen molar-refractivity contribution in [3.63, 3.8) is 0 Å². The van der Waals surface area contributed by atoms with Gasteiger partial charge in [-0.3, -0.25) is 4.68 Å². The number of hydrogen-bond donors (Lipinski definition) is 1. The molecule has 0 saturated carbocycles. The molecule has 1 heterocycles. The maximum absolute atomic E-state index is 12.4. The first-order chi connectivity index (χ1) is 8.90. The van der Waals surface area contributed by atoms with Crippen LogP contribution in [-0.4, -0.2) is 16.1 Å². The lowest BCUT2D eigenvalue weighted by Gasteiger charge is -2.14. The minimum atomic E-state index is -4.74. The Bertz CT molecular complexity index is 584. The maximum Gasteiger partial charge on any atom is 0.573 e. The van der Waals surface area contributed by atoms with Crippen molar-refractivity contribution in [2.45, 2.75) is 12.9 Å². The van der Waals surface area contributed by atoms with E-state index in [-0.39, 0.29) is 24.7 Å². The Hall–Kier alpha value is -1.73. The number of ether oxygens (including phenoxy) is 1. The lowest BCUT2D eigenvalue weighted by Crippen LogP contribution is -2.18. The fraction of sp³-hybridized carbons (Fsp3) is 0.250. The molecule has 8 heteroatoms. The zero-order chi connectivity index (χ0) is 14.0. The van der Waals surface area contributed by atoms with Crippen LogP contribution < -0.4 is 10.5 Å². The largest absolute Gasteiger partial charge is 0.573 e. The van der Waals surface area contributed by atoms with Gasteiger partial charge in [-0.2, -0.15) is 5.10 Å². The van der Waals surface area contributed by atoms with Crippen molar-refractivity contribution in [3.8, 4) is 17.0 Å². The van der Waals surface area contributed by atoms with Gasteiger partial charge in [-0.25, -0.2) is 0 Å². The summed E-state index contributed by atoms with van der Waals surface area (Å²) in [5.41, 5.74) is 7.04. The van der Waals surface area contributed by atoms with E-state index in [1.54, 1.807) is 19.2 Å². The number of aromatic nitrogens is 2. The molecule has 0 aliphatic carbocycles. The summed E-state index contributed by atoms with van der Waals surface area (Å²) in [6, 6.07) is 5.94. The minimum absolute atomic E-state index is 0. The SMILES string of the molecule is Cl.Cn1nccc1-c1cc(CN)ccc1OC(F)(F)F. The van der Waals surface area contributed by atoms with E-state index in [2.05, 4.69) is 9.84 Å². The monoisotopic (exact) mass is 307 g/mol. The highest BCUT2D eigenvalue weighted by Gasteiger charge is 2.32. The smallest absolute Gasteiger partial charge is 0.405 e. The summed E-state index contributed by atoms with van der Waals surface area (Å²) in [4.78, 5) is 0. The summed E-state index contributed by atoms with van der Waals surface area (Å²) in [5, 5.41) is 3.93. The van der Waals surface area contributed by atoms with E-state index in [1.807, 2.05) is 0 Å². The van der Waals surface area contributed by atoms with Gasteiger partial charge in [0, 0.05) is 25.4 Å². The van der Waals surface area contributed by atoms with Gasteiger partial charge in [0.05, 0.1) is 5.69 Å². The molecule has 0 fully saturated rings. The Labute approximate surface area is 119 Å². The van der Waals surface area contributed by atoms with Gasteiger partial charge in [-0.1, -0.05) is 6.07 Å². The van der Waals surface area contributed by atoms with Crippen LogP contribution in [0, 0.1) is 0 Å². The summed E-state index contributed by atoms with van der Waals surface area (Å²) in [6.45, 7) is 0.233. The fourth-order valence-corrected chi connectivity index (χ4v) is 1.76. The summed E-state index contributed by atoms with van der Waals surface area (Å²) < 4.78 is 42.6. The highest BCUT2D eigenvalue weighted by atomic mass is 35.5. The number of rotatable bonds is 3. The van der Waals surface area contributed by atoms with Crippen LogP contribution in [0.4, 0.5) is 13.2 Å². The first-order valence-corrected chi connectivity index (χ1v) is 5.48. The van der Waals surface area contributed by atoms with Crippen molar-refractivity contribution < 1.29 is 17.9 Å². The van der Waals surface area contributed by atoms with E-state index in [0.717, 1.165) is 0 Å². The highest BCUT2D eigenvalue weighted by Crippen LogP contribution is 2.34. The molecule has 20 heavy (non-hydrogen) atoms. The van der Waals surface area contributed by atoms with Crippen LogP contribution >= 0.6 is 12.4 Å². The van der Waals surface area contributed by atoms with Gasteiger partial charge in [-0.05, 0) is 23.8 Å². The van der Waals surface area contributed by atoms with E-state index < -0.39 is 6.36 Å². The van der Waals surface area contributed by atoms with Crippen LogP contribution in [-0.2, 0) is 13.6 Å². The summed E-state index contributed by atoms with van der Waals surface area (Å²) in [6.07, 6.45) is -3.24. The van der Waals surface area contributed by atoms with Crippen LogP contribution in [0.2, 0.25) is 0 Å². The van der Waals surface area contributed by atoms with E-state index in [1.165, 1.54) is 23.0 Å². The average Bonchev–Trinajstić information content (AvgIpc) is 2.74. The van der Waals surface area contributed by atoms with Gasteiger partial charge in [0.25, 0.3) is 0 Å². The summed E-state index contributed by atoms with van der Waals surface area (Å²) in [7, 11) is 1.64. The van der Waals surface area contributed by atoms with Crippen LogP contribution in [0.15, 0.2) is 30.5 Å². The third-order valence-corrected chi connectivity index (χ3v) is 2.60. The standard InChI is InChI=1S/C12H12F3N3O.ClH/c1-18-10(4-5-17-18)9-6-8(7-16)2-3-11(9)19-12(13,14)15;/h2-6H,7,16H2,1H3;1H. The van der Waals surface area contributed by atoms with Crippen molar-refractivity contribution in [1.82, 2.24) is 9.78 Å². The zero-order valence-electron chi connectivity index (χ0n) is 10.5. The Morgan fingerprint density at radius 1 is 1.30 bits per heavy atom. The number of aryl methyl sites for hydroxylation is 1. The number of nitrogens with zero attached hydrogens (tertiary/aromatic N) is 2. The van der Waals surface area contributed by atoms with Gasteiger partial charge in [0.15, 0.2) is 0 Å². The number of alkyl halides is 3. The molecule has 2 rings (SSSR count). The first kappa shape index (κ1) is 16.3. The lowest BCUT2D eigenvalue weighted by atomic mass is 10.1. The fourth-order valence-electron chi connectivity index (χ4n) is 1.76. The number of nitrogens with two attached hydrogens (primary N) is 1. The lowest BCUT2D eigenvalue weighted by molar-refractivity contribution is -0.274. The topological polar surface area (TPSA) is 53.1 Å². The summed E-state index contributed by atoms with van der Waals surface area (Å²) >= 11 is 0. The molecule has 4 nitrogen and oxygen atoms in total. The van der Waals surface area contributed by atoms with Crippen molar-refractivity contribution in [2.75, 3.05) is 0 Å². The van der Waals surface area contributed by atoms with Gasteiger partial charge in [0.1, 0.15) is 5.75 Å². The van der Waals surface area contributed by atoms with E-state index in [9.17, 15) is 13.2 Å². The van der Waals surface area contributed by atoms with E-state index in [0.29, 0.717) is 16.8 Å². The van der Waals surface area contributed by atoms with Crippen LogP contribution in [0.3, 0.4) is 0 Å². The maximum atomic E-state index is 12.4. The molecule has 2 N–H and O–H groups in total. The molecule has 2 aromatic rings. The second-order valence-corrected chi connectivity index (χ2v) is 3.92. The molecule has 0 amide bonds. The van der Waals surface area contributed by atoms with Crippen LogP contribution in [0.25, 0.3) is 11.3 Å². The van der Waals surface area contributed by atoms with Crippen LogP contribution in [0.5, 0.6) is 5.75 Å². The number of halogens is 4. The van der Waals surface area contributed by atoms with Gasteiger partial charge < -0.3 is 10.5 Å². The third-order valence-electron chi connectivity index (χ3n) is 2.60. The third kappa shape index (κ3) is 3.64. The number of benzene rings is 1. The molecule has 1 aromatic carbocycles. The predicted molar refractivity (Wildman–Crippen MR) is 70.5 cm³/mol. The van der Waals surface area contributed by atoms with Gasteiger partial charge >= 0.3 is 6.36 Å². The van der Waals surface area contributed by atoms with Gasteiger partial charge in [0.2, 0.25) is 0 Å². The van der Waals surface area contributed by atoms with Gasteiger partial charge in [-0.15, -0.1) is 25.6 Å².